The van der Waals surface area contributed by atoms with Gasteiger partial charge < -0.3 is 19.4 Å². The maximum atomic E-state index is 13.8. The second-order valence-corrected chi connectivity index (χ2v) is 19.8. The van der Waals surface area contributed by atoms with Crippen molar-refractivity contribution in [3.63, 3.8) is 0 Å². The lowest BCUT2D eigenvalue weighted by molar-refractivity contribution is -0.199. The number of nitrogens with zero attached hydrogens (tertiary/aromatic N) is 6. The first-order valence-corrected chi connectivity index (χ1v) is 22.4. The molecule has 5 fully saturated rings. The van der Waals surface area contributed by atoms with Gasteiger partial charge in [-0.05, 0) is 86.9 Å². The van der Waals surface area contributed by atoms with Gasteiger partial charge in [0.2, 0.25) is 11.8 Å². The number of piperidine rings is 1. The number of likely N-dealkylation sites (tertiary alicyclic amines) is 1. The molecule has 5 heterocycles. The number of halogens is 1. The number of rotatable bonds is 8. The summed E-state index contributed by atoms with van der Waals surface area (Å²) in [5.74, 6) is 6.45. The normalized spacial score (nSPS) is 28.0. The average Bonchev–Trinajstić information content (AvgIpc) is 3.97. The number of likely N-dealkylation sites (N-methyl/N-ethyl adjacent to an activating group) is 1. The van der Waals surface area contributed by atoms with Crippen molar-refractivity contribution in [2.45, 2.75) is 115 Å². The molecule has 3 unspecified atom stereocenters. The quantitative estimate of drug-likeness (QED) is 0.162. The molecular weight excluding hydrogens is 818 g/mol. The maximum absolute atomic E-state index is 13.8. The third kappa shape index (κ3) is 7.43. The summed E-state index contributed by atoms with van der Waals surface area (Å²) in [7, 11) is 1.53. The summed E-state index contributed by atoms with van der Waals surface area (Å²) in [6, 6.07) is 16.7. The SMILES string of the molecule is CN(C(=O)c1ccc(N2CC3CC2CN3C2CCC(C#Cc3ccc4c(n3)CN([C@H]3C(C)(C)[C@H](Oc5ccc(C#N)c(Cl)c5)C3(C)C)C4=O)CC2)cc1C=O)C1CCC(=O)NC1=O. The zero-order chi connectivity index (χ0) is 44.5. The fourth-order valence-corrected chi connectivity index (χ4v) is 12.3. The van der Waals surface area contributed by atoms with Gasteiger partial charge >= 0.3 is 0 Å². The van der Waals surface area contributed by atoms with Gasteiger partial charge in [0.15, 0.2) is 6.29 Å². The second kappa shape index (κ2) is 16.1. The topological polar surface area (TPSA) is 156 Å². The van der Waals surface area contributed by atoms with Gasteiger partial charge in [-0.2, -0.15) is 5.26 Å². The van der Waals surface area contributed by atoms with Crippen LogP contribution >= 0.6 is 11.6 Å². The minimum atomic E-state index is -0.765. The van der Waals surface area contributed by atoms with Crippen LogP contribution in [0.3, 0.4) is 0 Å². The lowest BCUT2D eigenvalue weighted by Gasteiger charge is -2.65. The first kappa shape index (κ1) is 42.5. The fraction of sp³-hybridized carbons (Fsp3) is 0.490. The van der Waals surface area contributed by atoms with E-state index in [1.54, 1.807) is 30.3 Å². The number of hydrogen-bond acceptors (Lipinski definition) is 10. The van der Waals surface area contributed by atoms with Crippen molar-refractivity contribution in [2.75, 3.05) is 25.0 Å². The molecule has 326 valence electrons. The number of amides is 4. The van der Waals surface area contributed by atoms with Crippen molar-refractivity contribution in [2.24, 2.45) is 16.7 Å². The first-order valence-electron chi connectivity index (χ1n) is 22.0. The average molecular weight is 870 g/mol. The van der Waals surface area contributed by atoms with E-state index >= 15 is 0 Å². The molecule has 14 heteroatoms. The Bertz CT molecular complexity index is 2520. The van der Waals surface area contributed by atoms with Crippen molar-refractivity contribution in [3.8, 4) is 23.7 Å². The van der Waals surface area contributed by atoms with Crippen LogP contribution in [0.4, 0.5) is 5.69 Å². The number of nitrogens with one attached hydrogen (secondary N) is 1. The Kier molecular flexibility index (Phi) is 10.9. The second-order valence-electron chi connectivity index (χ2n) is 19.4. The number of anilines is 1. The highest BCUT2D eigenvalue weighted by atomic mass is 35.5. The summed E-state index contributed by atoms with van der Waals surface area (Å²) >= 11 is 6.30. The third-order valence-corrected chi connectivity index (χ3v) is 15.1. The lowest BCUT2D eigenvalue weighted by atomic mass is 9.49. The molecule has 13 nitrogen and oxygen atoms in total. The van der Waals surface area contributed by atoms with E-state index in [4.69, 9.17) is 21.3 Å². The number of piperazine rings is 1. The van der Waals surface area contributed by atoms with Gasteiger partial charge in [0.1, 0.15) is 29.7 Å². The molecule has 6 aliphatic rings. The molecule has 3 atom stereocenters. The number of imide groups is 1. The van der Waals surface area contributed by atoms with Crippen LogP contribution in [0.2, 0.25) is 5.02 Å². The number of pyridine rings is 1. The molecule has 4 amide bonds. The molecule has 9 rings (SSSR count). The summed E-state index contributed by atoms with van der Waals surface area (Å²) in [5, 5.41) is 11.9. The van der Waals surface area contributed by atoms with Crippen LogP contribution in [0.25, 0.3) is 0 Å². The molecule has 2 bridgehead atoms. The standard InChI is InChI=1S/C49H52ClN7O6/c1-48(2)46(49(3,4)47(48)63-36-15-9-29(23-51)39(50)22-36)57-26-40-38(45(57)62)16-11-31(52-40)10-6-28-7-12-32(13-8-28)55-24-35-21-34(55)25-56(35)33-14-17-37(30(20-33)27-58)44(61)54(5)41-18-19-42(59)53-43(41)60/h9,11,14-17,20,22,27-28,32,34-35,41,46-47H,7-8,12-13,18-19,21,24-26H2,1-5H3,(H,53,59,60)/t28?,32?,34?,35?,41?,46-,47-. The third-order valence-electron chi connectivity index (χ3n) is 14.7. The van der Waals surface area contributed by atoms with Gasteiger partial charge in [0.25, 0.3) is 11.8 Å². The van der Waals surface area contributed by atoms with Crippen LogP contribution in [0.5, 0.6) is 5.75 Å². The van der Waals surface area contributed by atoms with Crippen molar-refractivity contribution >= 4 is 47.2 Å². The van der Waals surface area contributed by atoms with Gasteiger partial charge in [-0.25, -0.2) is 4.98 Å². The highest BCUT2D eigenvalue weighted by Gasteiger charge is 2.67. The van der Waals surface area contributed by atoms with Crippen molar-refractivity contribution in [1.29, 1.82) is 5.26 Å². The number of nitriles is 1. The largest absolute Gasteiger partial charge is 0.489 e. The summed E-state index contributed by atoms with van der Waals surface area (Å²) in [6.45, 7) is 10.7. The van der Waals surface area contributed by atoms with Crippen LogP contribution in [0, 0.1) is 39.9 Å². The Morgan fingerprint density at radius 3 is 2.38 bits per heavy atom. The van der Waals surface area contributed by atoms with Crippen LogP contribution in [0.1, 0.15) is 121 Å². The number of ether oxygens (including phenoxy) is 1. The highest BCUT2D eigenvalue weighted by Crippen LogP contribution is 2.59. The van der Waals surface area contributed by atoms with Crippen molar-refractivity contribution in [1.82, 2.24) is 25.0 Å². The zero-order valence-electron chi connectivity index (χ0n) is 36.3. The first-order chi connectivity index (χ1) is 30.1. The van der Waals surface area contributed by atoms with E-state index < -0.39 is 17.9 Å². The summed E-state index contributed by atoms with van der Waals surface area (Å²) < 4.78 is 6.48. The molecule has 3 aromatic rings. The molecular formula is C49H52ClN7O6. The molecule has 0 radical (unpaired) electrons. The summed E-state index contributed by atoms with van der Waals surface area (Å²) in [4.78, 5) is 76.7. The molecule has 3 saturated heterocycles. The van der Waals surface area contributed by atoms with Gasteiger partial charge in [0.05, 0.1) is 34.0 Å². The monoisotopic (exact) mass is 869 g/mol. The number of hydrogen-bond donors (Lipinski definition) is 1. The molecule has 1 N–H and O–H groups in total. The smallest absolute Gasteiger partial charge is 0.256 e. The Morgan fingerprint density at radius 2 is 1.71 bits per heavy atom. The van der Waals surface area contributed by atoms with E-state index in [9.17, 15) is 29.2 Å². The van der Waals surface area contributed by atoms with E-state index in [1.165, 1.54) is 11.9 Å². The number of fused-ring (bicyclic) bond motifs is 3. The molecule has 1 aromatic heterocycles. The molecule has 2 saturated carbocycles. The van der Waals surface area contributed by atoms with Crippen molar-refractivity contribution in [3.05, 3.63) is 87.2 Å². The van der Waals surface area contributed by atoms with Gasteiger partial charge in [-0.15, -0.1) is 0 Å². The number of aromatic nitrogens is 1. The van der Waals surface area contributed by atoms with E-state index in [1.807, 2.05) is 23.1 Å². The maximum Gasteiger partial charge on any atom is 0.256 e. The van der Waals surface area contributed by atoms with Crippen LogP contribution < -0.4 is 15.0 Å². The molecule has 4 aliphatic heterocycles. The fourth-order valence-electron chi connectivity index (χ4n) is 12.1. The zero-order valence-corrected chi connectivity index (χ0v) is 37.1. The Morgan fingerprint density at radius 1 is 0.952 bits per heavy atom. The predicted octanol–water partition coefficient (Wildman–Crippen LogP) is 6.01. The Hall–Kier alpha value is -5.76. The van der Waals surface area contributed by atoms with E-state index in [0.717, 1.165) is 56.6 Å². The molecule has 2 aliphatic carbocycles. The Labute approximate surface area is 373 Å². The number of benzene rings is 2. The Balaban J connectivity index is 0.779. The highest BCUT2D eigenvalue weighted by molar-refractivity contribution is 6.31. The predicted molar refractivity (Wildman–Crippen MR) is 235 cm³/mol. The summed E-state index contributed by atoms with van der Waals surface area (Å²) in [5.41, 5.74) is 3.18. The lowest BCUT2D eigenvalue weighted by Crippen LogP contribution is -2.74. The molecule has 0 spiro atoms. The van der Waals surface area contributed by atoms with E-state index in [2.05, 4.69) is 60.7 Å². The number of carbonyl (C=O) groups excluding carboxylic acids is 5. The van der Waals surface area contributed by atoms with Crippen LogP contribution in [-0.2, 0) is 16.1 Å². The summed E-state index contributed by atoms with van der Waals surface area (Å²) in [6.07, 6.45) is 6.15. The number of carbonyl (C=O) groups is 5. The van der Waals surface area contributed by atoms with E-state index in [-0.39, 0.29) is 64.7 Å². The van der Waals surface area contributed by atoms with Crippen LogP contribution in [0.15, 0.2) is 48.5 Å². The minimum Gasteiger partial charge on any atom is -0.489 e. The van der Waals surface area contributed by atoms with E-state index in [0.29, 0.717) is 58.5 Å². The molecule has 63 heavy (non-hydrogen) atoms. The van der Waals surface area contributed by atoms with Crippen LogP contribution in [-0.4, -0.2) is 106 Å². The van der Waals surface area contributed by atoms with Crippen molar-refractivity contribution < 1.29 is 28.7 Å². The van der Waals surface area contributed by atoms with Gasteiger partial charge in [-0.3, -0.25) is 34.2 Å². The minimum absolute atomic E-state index is 0.0211. The van der Waals surface area contributed by atoms with Gasteiger partial charge in [-0.1, -0.05) is 45.2 Å². The number of aldehydes is 1. The van der Waals surface area contributed by atoms with Gasteiger partial charge in [0, 0.05) is 84.8 Å². The molecule has 2 aromatic carbocycles.